The van der Waals surface area contributed by atoms with Crippen molar-refractivity contribution in [2.45, 2.75) is 12.5 Å². The van der Waals surface area contributed by atoms with Gasteiger partial charge in [0.05, 0.1) is 12.5 Å². The van der Waals surface area contributed by atoms with Crippen molar-refractivity contribution in [3.05, 3.63) is 35.4 Å². The van der Waals surface area contributed by atoms with Crippen molar-refractivity contribution in [3.63, 3.8) is 0 Å². The third kappa shape index (κ3) is 2.23. The second kappa shape index (κ2) is 3.97. The van der Waals surface area contributed by atoms with Gasteiger partial charge in [-0.3, -0.25) is 0 Å². The zero-order valence-electron chi connectivity index (χ0n) is 6.80. The number of nitriles is 1. The Morgan fingerprint density at radius 3 is 2.69 bits per heavy atom. The van der Waals surface area contributed by atoms with E-state index in [4.69, 9.17) is 11.0 Å². The lowest BCUT2D eigenvalue weighted by molar-refractivity contribution is 0.557. The predicted molar refractivity (Wildman–Crippen MR) is 43.5 cm³/mol. The average Bonchev–Trinajstić information content (AvgIpc) is 2.04. The van der Waals surface area contributed by atoms with E-state index in [-0.39, 0.29) is 12.0 Å². The zero-order valence-corrected chi connectivity index (χ0v) is 6.80. The van der Waals surface area contributed by atoms with Gasteiger partial charge in [0, 0.05) is 17.7 Å². The maximum atomic E-state index is 13.0. The Bertz CT molecular complexity index is 344. The van der Waals surface area contributed by atoms with Crippen molar-refractivity contribution in [2.75, 3.05) is 0 Å². The number of rotatable bonds is 2. The summed E-state index contributed by atoms with van der Waals surface area (Å²) in [5, 5.41) is 8.32. The molecule has 0 radical (unpaired) electrons. The van der Waals surface area contributed by atoms with Crippen LogP contribution in [0.25, 0.3) is 0 Å². The predicted octanol–water partition coefficient (Wildman–Crippen LogP) is 1.88. The van der Waals surface area contributed by atoms with Crippen LogP contribution in [0.5, 0.6) is 0 Å². The minimum Gasteiger partial charge on any atom is -0.323 e. The molecular weight excluding hydrogens is 174 g/mol. The molecule has 0 unspecified atom stereocenters. The second-order valence-corrected chi connectivity index (χ2v) is 2.63. The van der Waals surface area contributed by atoms with Crippen LogP contribution in [0.2, 0.25) is 0 Å². The fourth-order valence-electron chi connectivity index (χ4n) is 1.01. The molecule has 68 valence electrons. The molecule has 1 atom stereocenters. The molecule has 1 rings (SSSR count). The van der Waals surface area contributed by atoms with Gasteiger partial charge in [-0.05, 0) is 6.07 Å². The topological polar surface area (TPSA) is 49.8 Å². The summed E-state index contributed by atoms with van der Waals surface area (Å²) < 4.78 is 25.4. The van der Waals surface area contributed by atoms with Crippen molar-refractivity contribution < 1.29 is 8.78 Å². The molecule has 0 saturated carbocycles. The molecule has 2 nitrogen and oxygen atoms in total. The molecule has 0 heterocycles. The number of halogens is 2. The maximum absolute atomic E-state index is 13.0. The molecule has 0 saturated heterocycles. The van der Waals surface area contributed by atoms with E-state index in [0.29, 0.717) is 0 Å². The lowest BCUT2D eigenvalue weighted by atomic mass is 10.0. The molecule has 4 heteroatoms. The van der Waals surface area contributed by atoms with E-state index in [1.807, 2.05) is 6.07 Å². The Morgan fingerprint density at radius 1 is 1.46 bits per heavy atom. The molecule has 0 amide bonds. The summed E-state index contributed by atoms with van der Waals surface area (Å²) >= 11 is 0. The SMILES string of the molecule is N#CC[C@@H](N)c1ccc(F)cc1F. The van der Waals surface area contributed by atoms with Crippen molar-refractivity contribution in [3.8, 4) is 6.07 Å². The highest BCUT2D eigenvalue weighted by Gasteiger charge is 2.11. The zero-order chi connectivity index (χ0) is 9.84. The molecule has 0 aliphatic carbocycles. The van der Waals surface area contributed by atoms with E-state index in [1.165, 1.54) is 6.07 Å². The summed E-state index contributed by atoms with van der Waals surface area (Å²) in [4.78, 5) is 0. The van der Waals surface area contributed by atoms with Crippen LogP contribution in [-0.2, 0) is 0 Å². The highest BCUT2D eigenvalue weighted by molar-refractivity contribution is 5.22. The summed E-state index contributed by atoms with van der Waals surface area (Å²) in [6.45, 7) is 0. The lowest BCUT2D eigenvalue weighted by Gasteiger charge is -2.08. The third-order valence-electron chi connectivity index (χ3n) is 1.67. The molecule has 0 fully saturated rings. The lowest BCUT2D eigenvalue weighted by Crippen LogP contribution is -2.11. The Morgan fingerprint density at radius 2 is 2.15 bits per heavy atom. The molecule has 0 spiro atoms. The molecule has 0 aromatic heterocycles. The Kier molecular flexibility index (Phi) is 2.93. The number of hydrogen-bond acceptors (Lipinski definition) is 2. The minimum absolute atomic E-state index is 0.0164. The summed E-state index contributed by atoms with van der Waals surface area (Å²) in [6.07, 6.45) is 0.0164. The first kappa shape index (κ1) is 9.62. The monoisotopic (exact) mass is 182 g/mol. The maximum Gasteiger partial charge on any atom is 0.130 e. The van der Waals surface area contributed by atoms with Gasteiger partial charge in [-0.2, -0.15) is 5.26 Å². The van der Waals surface area contributed by atoms with E-state index in [9.17, 15) is 8.78 Å². The minimum atomic E-state index is -0.706. The van der Waals surface area contributed by atoms with Gasteiger partial charge in [0.25, 0.3) is 0 Å². The van der Waals surface area contributed by atoms with Gasteiger partial charge in [0.2, 0.25) is 0 Å². The molecule has 0 bridgehead atoms. The van der Waals surface area contributed by atoms with Crippen molar-refractivity contribution in [1.29, 1.82) is 5.26 Å². The van der Waals surface area contributed by atoms with Crippen LogP contribution >= 0.6 is 0 Å². The van der Waals surface area contributed by atoms with E-state index in [2.05, 4.69) is 0 Å². The van der Waals surface area contributed by atoms with Crippen LogP contribution in [0.1, 0.15) is 18.0 Å². The standard InChI is InChI=1S/C9H8F2N2/c10-6-1-2-7(8(11)5-6)9(13)3-4-12/h1-2,5,9H,3,13H2/t9-/m1/s1. The Balaban J connectivity index is 2.96. The first-order valence-corrected chi connectivity index (χ1v) is 3.72. The molecule has 0 aliphatic rings. The van der Waals surface area contributed by atoms with Gasteiger partial charge < -0.3 is 5.73 Å². The van der Waals surface area contributed by atoms with Crippen LogP contribution in [0, 0.1) is 23.0 Å². The molecule has 13 heavy (non-hydrogen) atoms. The second-order valence-electron chi connectivity index (χ2n) is 2.63. The van der Waals surface area contributed by atoms with Crippen LogP contribution < -0.4 is 5.73 Å². The Labute approximate surface area is 74.6 Å². The van der Waals surface area contributed by atoms with Crippen molar-refractivity contribution in [2.24, 2.45) is 5.73 Å². The summed E-state index contributed by atoms with van der Waals surface area (Å²) in [5.41, 5.74) is 5.64. The summed E-state index contributed by atoms with van der Waals surface area (Å²) in [5.74, 6) is -1.35. The fraction of sp³-hybridized carbons (Fsp3) is 0.222. The largest absolute Gasteiger partial charge is 0.323 e. The van der Waals surface area contributed by atoms with E-state index in [1.54, 1.807) is 0 Å². The number of nitrogens with two attached hydrogens (primary N) is 1. The van der Waals surface area contributed by atoms with Crippen molar-refractivity contribution >= 4 is 0 Å². The van der Waals surface area contributed by atoms with E-state index >= 15 is 0 Å². The highest BCUT2D eigenvalue weighted by atomic mass is 19.1. The van der Waals surface area contributed by atoms with Gasteiger partial charge in [0.1, 0.15) is 11.6 Å². The van der Waals surface area contributed by atoms with Gasteiger partial charge in [-0.1, -0.05) is 6.07 Å². The smallest absolute Gasteiger partial charge is 0.130 e. The van der Waals surface area contributed by atoms with Gasteiger partial charge in [-0.15, -0.1) is 0 Å². The van der Waals surface area contributed by atoms with Crippen molar-refractivity contribution in [1.82, 2.24) is 0 Å². The molecule has 1 aromatic rings. The number of nitrogens with zero attached hydrogens (tertiary/aromatic N) is 1. The van der Waals surface area contributed by atoms with Crippen LogP contribution in [0.4, 0.5) is 8.78 Å². The third-order valence-corrected chi connectivity index (χ3v) is 1.67. The normalized spacial score (nSPS) is 12.2. The number of hydrogen-bond donors (Lipinski definition) is 1. The average molecular weight is 182 g/mol. The van der Waals surface area contributed by atoms with Crippen LogP contribution in [0.15, 0.2) is 18.2 Å². The first-order chi connectivity index (χ1) is 6.15. The van der Waals surface area contributed by atoms with Gasteiger partial charge >= 0.3 is 0 Å². The van der Waals surface area contributed by atoms with Crippen LogP contribution in [-0.4, -0.2) is 0 Å². The molecule has 2 N–H and O–H groups in total. The highest BCUT2D eigenvalue weighted by Crippen LogP contribution is 2.18. The summed E-state index contributed by atoms with van der Waals surface area (Å²) in [6, 6.07) is 4.27. The van der Waals surface area contributed by atoms with E-state index < -0.39 is 17.7 Å². The van der Waals surface area contributed by atoms with E-state index in [0.717, 1.165) is 12.1 Å². The summed E-state index contributed by atoms with van der Waals surface area (Å²) in [7, 11) is 0. The quantitative estimate of drug-likeness (QED) is 0.759. The fourth-order valence-corrected chi connectivity index (χ4v) is 1.01. The van der Waals surface area contributed by atoms with Crippen LogP contribution in [0.3, 0.4) is 0 Å². The molecular formula is C9H8F2N2. The first-order valence-electron chi connectivity index (χ1n) is 3.72. The molecule has 1 aromatic carbocycles. The molecule has 0 aliphatic heterocycles. The number of benzene rings is 1. The van der Waals surface area contributed by atoms with Gasteiger partial charge in [0.15, 0.2) is 0 Å². The Hall–Kier alpha value is -1.47. The van der Waals surface area contributed by atoms with Gasteiger partial charge in [-0.25, -0.2) is 8.78 Å².